The van der Waals surface area contributed by atoms with Gasteiger partial charge < -0.3 is 19.3 Å². The molecule has 3 aliphatic heterocycles. The molecule has 0 atom stereocenters. The van der Waals surface area contributed by atoms with Gasteiger partial charge in [-0.05, 0) is 19.8 Å². The molecule has 0 N–H and O–H groups in total. The topological polar surface area (TPSA) is 48.5 Å². The van der Waals surface area contributed by atoms with Crippen LogP contribution in [-0.4, -0.2) is 108 Å². The van der Waals surface area contributed by atoms with Gasteiger partial charge in [-0.25, -0.2) is 4.79 Å². The van der Waals surface area contributed by atoms with Gasteiger partial charge in [-0.2, -0.15) is 0 Å². The summed E-state index contributed by atoms with van der Waals surface area (Å²) in [6.45, 7) is 10.5. The van der Waals surface area contributed by atoms with Gasteiger partial charge in [-0.3, -0.25) is 9.80 Å². The van der Waals surface area contributed by atoms with Crippen molar-refractivity contribution in [2.75, 3.05) is 71.6 Å². The maximum Gasteiger partial charge on any atom is 0.409 e. The number of carbonyl (C=O) groups excluding carboxylic acids is 1. The predicted molar refractivity (Wildman–Crippen MR) is 107 cm³/mol. The van der Waals surface area contributed by atoms with E-state index in [4.69, 9.17) is 21.7 Å². The summed E-state index contributed by atoms with van der Waals surface area (Å²) < 4.78 is 11.5. The molecule has 0 aromatic rings. The lowest BCUT2D eigenvalue weighted by Crippen LogP contribution is -2.54. The first-order valence-electron chi connectivity index (χ1n) is 9.55. The minimum atomic E-state index is -0.174. The summed E-state index contributed by atoms with van der Waals surface area (Å²) in [6, 6.07) is 0.516. The second-order valence-corrected chi connectivity index (χ2v) is 8.48. The fraction of sp³-hybridized carbons (Fsp3) is 0.882. The van der Waals surface area contributed by atoms with Crippen molar-refractivity contribution < 1.29 is 14.3 Å². The predicted octanol–water partition coefficient (Wildman–Crippen LogP) is 1.49. The normalized spacial score (nSPS) is 24.1. The minimum Gasteiger partial charge on any atom is -0.450 e. The summed E-state index contributed by atoms with van der Waals surface area (Å²) in [6.07, 6.45) is 1.83. The molecule has 9 heteroatoms. The highest BCUT2D eigenvalue weighted by molar-refractivity contribution is 8.22. The second-order valence-electron chi connectivity index (χ2n) is 6.90. The van der Waals surface area contributed by atoms with Gasteiger partial charge in [-0.1, -0.05) is 24.0 Å². The Kier molecular flexibility index (Phi) is 7.80. The standard InChI is InChI=1S/C17H30N4O3S2/c1-2-24-16(22)19-5-3-15(4-6-19)21-13-20(17(25)26-14-21)8-7-18-9-11-23-12-10-18/h15H,2-14H2,1H3. The van der Waals surface area contributed by atoms with Crippen LogP contribution in [-0.2, 0) is 9.47 Å². The van der Waals surface area contributed by atoms with E-state index < -0.39 is 0 Å². The number of ether oxygens (including phenoxy) is 2. The zero-order valence-corrected chi connectivity index (χ0v) is 17.2. The molecular weight excluding hydrogens is 372 g/mol. The summed E-state index contributed by atoms with van der Waals surface area (Å²) in [4.78, 5) is 21.0. The van der Waals surface area contributed by atoms with Crippen molar-refractivity contribution in [1.29, 1.82) is 0 Å². The molecule has 3 heterocycles. The van der Waals surface area contributed by atoms with Crippen LogP contribution in [0.5, 0.6) is 0 Å². The highest BCUT2D eigenvalue weighted by Gasteiger charge is 2.31. The van der Waals surface area contributed by atoms with Gasteiger partial charge in [0.15, 0.2) is 0 Å². The number of thiocarbonyl (C=S) groups is 1. The third-order valence-corrected chi connectivity index (χ3v) is 6.84. The average Bonchev–Trinajstić information content (AvgIpc) is 2.68. The maximum atomic E-state index is 11.9. The third-order valence-electron chi connectivity index (χ3n) is 5.26. The number of piperidine rings is 1. The van der Waals surface area contributed by atoms with E-state index >= 15 is 0 Å². The third kappa shape index (κ3) is 5.45. The number of hydrogen-bond acceptors (Lipinski definition) is 7. The van der Waals surface area contributed by atoms with Gasteiger partial charge in [0.05, 0.1) is 32.4 Å². The molecule has 148 valence electrons. The molecule has 1 amide bonds. The molecule has 0 aromatic heterocycles. The van der Waals surface area contributed by atoms with Crippen molar-refractivity contribution in [3.05, 3.63) is 0 Å². The Balaban J connectivity index is 1.44. The van der Waals surface area contributed by atoms with E-state index in [1.807, 2.05) is 11.8 Å². The molecule has 3 fully saturated rings. The Bertz CT molecular complexity index is 483. The molecule has 3 aliphatic rings. The lowest BCUT2D eigenvalue weighted by molar-refractivity contribution is 0.0321. The second kappa shape index (κ2) is 10.1. The highest BCUT2D eigenvalue weighted by atomic mass is 32.2. The molecule has 7 nitrogen and oxygen atoms in total. The van der Waals surface area contributed by atoms with Crippen LogP contribution in [0, 0.1) is 0 Å². The van der Waals surface area contributed by atoms with E-state index in [1.165, 1.54) is 0 Å². The molecule has 0 unspecified atom stereocenters. The monoisotopic (exact) mass is 402 g/mol. The number of rotatable bonds is 5. The van der Waals surface area contributed by atoms with Crippen LogP contribution in [0.4, 0.5) is 4.79 Å². The van der Waals surface area contributed by atoms with E-state index in [0.29, 0.717) is 12.6 Å². The van der Waals surface area contributed by atoms with Crippen molar-refractivity contribution in [2.24, 2.45) is 0 Å². The number of amides is 1. The Hall–Kier alpha value is -0.610. The SMILES string of the molecule is CCOC(=O)N1CCC(N2CSC(=S)N(CCN3CCOCC3)C2)CC1. The molecule has 0 saturated carbocycles. The number of hydrogen-bond donors (Lipinski definition) is 0. The Morgan fingerprint density at radius 3 is 2.65 bits per heavy atom. The summed E-state index contributed by atoms with van der Waals surface area (Å²) >= 11 is 7.34. The van der Waals surface area contributed by atoms with Crippen molar-refractivity contribution >= 4 is 34.4 Å². The van der Waals surface area contributed by atoms with Crippen LogP contribution in [0.2, 0.25) is 0 Å². The van der Waals surface area contributed by atoms with Crippen LogP contribution < -0.4 is 0 Å². The molecular formula is C17H30N4O3S2. The van der Waals surface area contributed by atoms with E-state index in [0.717, 1.165) is 82.2 Å². The largest absolute Gasteiger partial charge is 0.450 e. The first-order valence-corrected chi connectivity index (χ1v) is 10.9. The molecule has 3 saturated heterocycles. The summed E-state index contributed by atoms with van der Waals surface area (Å²) in [5.74, 6) is 0.955. The van der Waals surface area contributed by atoms with Crippen LogP contribution in [0.25, 0.3) is 0 Å². The average molecular weight is 403 g/mol. The first-order chi connectivity index (χ1) is 12.7. The fourth-order valence-corrected chi connectivity index (χ4v) is 4.85. The van der Waals surface area contributed by atoms with E-state index in [-0.39, 0.29) is 6.09 Å². The molecule has 0 bridgehead atoms. The summed E-state index contributed by atoms with van der Waals surface area (Å²) in [5, 5.41) is 0. The Morgan fingerprint density at radius 1 is 1.23 bits per heavy atom. The summed E-state index contributed by atoms with van der Waals surface area (Å²) in [7, 11) is 0. The number of likely N-dealkylation sites (tertiary alicyclic amines) is 1. The Morgan fingerprint density at radius 2 is 1.96 bits per heavy atom. The van der Waals surface area contributed by atoms with Gasteiger partial charge in [0.25, 0.3) is 0 Å². The number of carbonyl (C=O) groups is 1. The first kappa shape index (κ1) is 20.1. The van der Waals surface area contributed by atoms with E-state index in [9.17, 15) is 4.79 Å². The van der Waals surface area contributed by atoms with Gasteiger partial charge >= 0.3 is 6.09 Å². The minimum absolute atomic E-state index is 0.174. The fourth-order valence-electron chi connectivity index (χ4n) is 3.65. The highest BCUT2D eigenvalue weighted by Crippen LogP contribution is 2.25. The van der Waals surface area contributed by atoms with Gasteiger partial charge in [0.2, 0.25) is 0 Å². The quantitative estimate of drug-likeness (QED) is 0.641. The zero-order chi connectivity index (χ0) is 18.4. The number of thioether (sulfide) groups is 1. The molecule has 0 spiro atoms. The smallest absolute Gasteiger partial charge is 0.409 e. The van der Waals surface area contributed by atoms with E-state index in [2.05, 4.69) is 14.7 Å². The van der Waals surface area contributed by atoms with Crippen molar-refractivity contribution in [2.45, 2.75) is 25.8 Å². The van der Waals surface area contributed by atoms with Crippen LogP contribution in [0.1, 0.15) is 19.8 Å². The van der Waals surface area contributed by atoms with Crippen LogP contribution >= 0.6 is 24.0 Å². The molecule has 0 aromatic carbocycles. The lowest BCUT2D eigenvalue weighted by atomic mass is 10.0. The van der Waals surface area contributed by atoms with Crippen LogP contribution in [0.3, 0.4) is 0 Å². The Labute approximate surface area is 165 Å². The molecule has 3 rings (SSSR count). The van der Waals surface area contributed by atoms with Gasteiger partial charge in [0.1, 0.15) is 4.32 Å². The molecule has 0 radical (unpaired) electrons. The van der Waals surface area contributed by atoms with Crippen molar-refractivity contribution in [3.8, 4) is 0 Å². The number of morpholine rings is 1. The number of nitrogens with zero attached hydrogens (tertiary/aromatic N) is 4. The summed E-state index contributed by atoms with van der Waals surface area (Å²) in [5.41, 5.74) is 0. The van der Waals surface area contributed by atoms with Crippen molar-refractivity contribution in [1.82, 2.24) is 19.6 Å². The van der Waals surface area contributed by atoms with Gasteiger partial charge in [0, 0.05) is 45.3 Å². The molecule has 26 heavy (non-hydrogen) atoms. The maximum absolute atomic E-state index is 11.9. The van der Waals surface area contributed by atoms with Gasteiger partial charge in [-0.15, -0.1) is 0 Å². The van der Waals surface area contributed by atoms with Crippen LogP contribution in [0.15, 0.2) is 0 Å². The lowest BCUT2D eigenvalue weighted by Gasteiger charge is -2.44. The van der Waals surface area contributed by atoms with Crippen molar-refractivity contribution in [3.63, 3.8) is 0 Å². The zero-order valence-electron chi connectivity index (χ0n) is 15.6. The molecule has 0 aliphatic carbocycles. The van der Waals surface area contributed by atoms with E-state index in [1.54, 1.807) is 11.8 Å².